The Morgan fingerprint density at radius 3 is 3.09 bits per heavy atom. The van der Waals surface area contributed by atoms with Crippen LogP contribution in [0.15, 0.2) is 18.5 Å². The van der Waals surface area contributed by atoms with Gasteiger partial charge in [0.15, 0.2) is 5.65 Å². The average molecular weight is 148 g/mol. The van der Waals surface area contributed by atoms with E-state index in [0.717, 1.165) is 16.9 Å². The maximum atomic E-state index is 5.54. The molecule has 0 aromatic carbocycles. The molecule has 0 saturated carbocycles. The summed E-state index contributed by atoms with van der Waals surface area (Å²) >= 11 is 0. The SMILES string of the molecule is Cc1ccc2ncn(N)c2n1. The van der Waals surface area contributed by atoms with E-state index in [1.54, 1.807) is 6.33 Å². The first-order chi connectivity index (χ1) is 5.27. The minimum Gasteiger partial charge on any atom is -0.336 e. The lowest BCUT2D eigenvalue weighted by atomic mass is 10.3. The van der Waals surface area contributed by atoms with Crippen molar-refractivity contribution in [2.24, 2.45) is 0 Å². The van der Waals surface area contributed by atoms with E-state index in [4.69, 9.17) is 5.84 Å². The van der Waals surface area contributed by atoms with E-state index < -0.39 is 0 Å². The lowest BCUT2D eigenvalue weighted by Crippen LogP contribution is -2.06. The summed E-state index contributed by atoms with van der Waals surface area (Å²) in [7, 11) is 0. The van der Waals surface area contributed by atoms with Crippen LogP contribution in [0.4, 0.5) is 0 Å². The van der Waals surface area contributed by atoms with Crippen LogP contribution in [-0.4, -0.2) is 14.6 Å². The molecule has 56 valence electrons. The van der Waals surface area contributed by atoms with Crippen molar-refractivity contribution in [1.29, 1.82) is 0 Å². The number of nitrogens with zero attached hydrogens (tertiary/aromatic N) is 3. The maximum absolute atomic E-state index is 5.54. The zero-order valence-corrected chi connectivity index (χ0v) is 6.15. The van der Waals surface area contributed by atoms with Gasteiger partial charge in [0.2, 0.25) is 0 Å². The topological polar surface area (TPSA) is 56.7 Å². The second-order valence-electron chi connectivity index (χ2n) is 2.45. The monoisotopic (exact) mass is 148 g/mol. The van der Waals surface area contributed by atoms with Gasteiger partial charge in [0, 0.05) is 5.69 Å². The molecule has 2 aromatic rings. The second kappa shape index (κ2) is 1.95. The van der Waals surface area contributed by atoms with Gasteiger partial charge in [-0.2, -0.15) is 0 Å². The number of aryl methyl sites for hydroxylation is 1. The molecule has 11 heavy (non-hydrogen) atoms. The lowest BCUT2D eigenvalue weighted by molar-refractivity contribution is 1.01. The van der Waals surface area contributed by atoms with E-state index in [2.05, 4.69) is 9.97 Å². The summed E-state index contributed by atoms with van der Waals surface area (Å²) in [5.74, 6) is 5.54. The number of nitrogens with two attached hydrogens (primary N) is 1. The number of hydrogen-bond donors (Lipinski definition) is 1. The molecule has 0 radical (unpaired) electrons. The predicted molar refractivity (Wildman–Crippen MR) is 42.4 cm³/mol. The van der Waals surface area contributed by atoms with E-state index >= 15 is 0 Å². The van der Waals surface area contributed by atoms with E-state index in [-0.39, 0.29) is 0 Å². The quantitative estimate of drug-likeness (QED) is 0.552. The van der Waals surface area contributed by atoms with Crippen molar-refractivity contribution in [3.8, 4) is 0 Å². The molecule has 0 aliphatic carbocycles. The second-order valence-corrected chi connectivity index (χ2v) is 2.45. The van der Waals surface area contributed by atoms with Crippen LogP contribution in [0.2, 0.25) is 0 Å². The van der Waals surface area contributed by atoms with Gasteiger partial charge in [-0.15, -0.1) is 0 Å². The van der Waals surface area contributed by atoms with E-state index in [1.807, 2.05) is 19.1 Å². The molecule has 0 spiro atoms. The van der Waals surface area contributed by atoms with Crippen molar-refractivity contribution in [3.63, 3.8) is 0 Å². The molecular weight excluding hydrogens is 140 g/mol. The van der Waals surface area contributed by atoms with Crippen molar-refractivity contribution >= 4 is 11.2 Å². The average Bonchev–Trinajstić information content (AvgIpc) is 2.33. The molecular formula is C7H8N4. The highest BCUT2D eigenvalue weighted by atomic mass is 15.3. The van der Waals surface area contributed by atoms with Crippen molar-refractivity contribution < 1.29 is 0 Å². The molecule has 0 aliphatic rings. The van der Waals surface area contributed by atoms with E-state index in [1.165, 1.54) is 4.68 Å². The van der Waals surface area contributed by atoms with Crippen LogP contribution in [0.1, 0.15) is 5.69 Å². The first kappa shape index (κ1) is 6.15. The van der Waals surface area contributed by atoms with E-state index in [9.17, 15) is 0 Å². The van der Waals surface area contributed by atoms with Crippen LogP contribution in [-0.2, 0) is 0 Å². The molecule has 2 rings (SSSR count). The molecule has 2 aromatic heterocycles. The number of nitrogen functional groups attached to an aromatic ring is 1. The Labute approximate surface area is 63.6 Å². The Hall–Kier alpha value is -1.58. The fourth-order valence-electron chi connectivity index (χ4n) is 1.01. The Bertz CT molecular complexity index is 390. The van der Waals surface area contributed by atoms with Gasteiger partial charge in [-0.05, 0) is 19.1 Å². The number of fused-ring (bicyclic) bond motifs is 1. The number of imidazole rings is 1. The van der Waals surface area contributed by atoms with Crippen molar-refractivity contribution in [3.05, 3.63) is 24.2 Å². The summed E-state index contributed by atoms with van der Waals surface area (Å²) in [5, 5.41) is 0. The zero-order valence-electron chi connectivity index (χ0n) is 6.15. The minimum atomic E-state index is 0.727. The molecule has 2 N–H and O–H groups in total. The number of aromatic nitrogens is 3. The van der Waals surface area contributed by atoms with Gasteiger partial charge in [0.1, 0.15) is 11.8 Å². The van der Waals surface area contributed by atoms with Gasteiger partial charge in [-0.3, -0.25) is 0 Å². The summed E-state index contributed by atoms with van der Waals surface area (Å²) in [6, 6.07) is 3.82. The van der Waals surface area contributed by atoms with Gasteiger partial charge in [0.25, 0.3) is 0 Å². The first-order valence-corrected chi connectivity index (χ1v) is 3.33. The van der Waals surface area contributed by atoms with Crippen LogP contribution in [0.5, 0.6) is 0 Å². The molecule has 4 heteroatoms. The summed E-state index contributed by atoms with van der Waals surface area (Å²) in [6.45, 7) is 1.92. The first-order valence-electron chi connectivity index (χ1n) is 3.33. The highest BCUT2D eigenvalue weighted by molar-refractivity contribution is 5.70. The van der Waals surface area contributed by atoms with Crippen molar-refractivity contribution in [2.75, 3.05) is 5.84 Å². The fourth-order valence-corrected chi connectivity index (χ4v) is 1.01. The van der Waals surface area contributed by atoms with Gasteiger partial charge >= 0.3 is 0 Å². The molecule has 0 aliphatic heterocycles. The predicted octanol–water partition coefficient (Wildman–Crippen LogP) is 0.454. The smallest absolute Gasteiger partial charge is 0.178 e. The summed E-state index contributed by atoms with van der Waals surface area (Å²) in [4.78, 5) is 8.25. The maximum Gasteiger partial charge on any atom is 0.178 e. The van der Waals surface area contributed by atoms with Crippen molar-refractivity contribution in [2.45, 2.75) is 6.92 Å². The molecule has 0 unspecified atom stereocenters. The molecule has 4 nitrogen and oxygen atoms in total. The Balaban J connectivity index is 2.87. The highest BCUT2D eigenvalue weighted by Crippen LogP contribution is 2.07. The molecule has 0 atom stereocenters. The van der Waals surface area contributed by atoms with Crippen LogP contribution >= 0.6 is 0 Å². The summed E-state index contributed by atoms with van der Waals surface area (Å²) < 4.78 is 1.42. The van der Waals surface area contributed by atoms with Gasteiger partial charge in [-0.25, -0.2) is 14.6 Å². The third kappa shape index (κ3) is 0.832. The van der Waals surface area contributed by atoms with Gasteiger partial charge in [0.05, 0.1) is 0 Å². The Morgan fingerprint density at radius 1 is 1.45 bits per heavy atom. The van der Waals surface area contributed by atoms with Crippen LogP contribution in [0.3, 0.4) is 0 Å². The van der Waals surface area contributed by atoms with Crippen LogP contribution < -0.4 is 5.84 Å². The number of hydrogen-bond acceptors (Lipinski definition) is 3. The third-order valence-electron chi connectivity index (χ3n) is 1.56. The fraction of sp³-hybridized carbons (Fsp3) is 0.143. The molecule has 0 saturated heterocycles. The summed E-state index contributed by atoms with van der Waals surface area (Å²) in [6.07, 6.45) is 1.55. The molecule has 0 fully saturated rings. The van der Waals surface area contributed by atoms with Crippen LogP contribution in [0.25, 0.3) is 11.2 Å². The normalized spacial score (nSPS) is 10.6. The van der Waals surface area contributed by atoms with Gasteiger partial charge in [-0.1, -0.05) is 0 Å². The van der Waals surface area contributed by atoms with Crippen molar-refractivity contribution in [1.82, 2.24) is 14.6 Å². The largest absolute Gasteiger partial charge is 0.336 e. The number of rotatable bonds is 0. The summed E-state index contributed by atoms with van der Waals surface area (Å²) in [5.41, 5.74) is 2.51. The van der Waals surface area contributed by atoms with E-state index in [0.29, 0.717) is 0 Å². The Morgan fingerprint density at radius 2 is 2.27 bits per heavy atom. The molecule has 0 amide bonds. The van der Waals surface area contributed by atoms with Gasteiger partial charge < -0.3 is 5.84 Å². The Kier molecular flexibility index (Phi) is 1.09. The van der Waals surface area contributed by atoms with Crippen LogP contribution in [0, 0.1) is 6.92 Å². The third-order valence-corrected chi connectivity index (χ3v) is 1.56. The minimum absolute atomic E-state index is 0.727. The standard InChI is InChI=1S/C7H8N4/c1-5-2-3-6-7(10-5)11(8)4-9-6/h2-4H,8H2,1H3. The number of pyridine rings is 1. The lowest BCUT2D eigenvalue weighted by Gasteiger charge is -1.93. The zero-order chi connectivity index (χ0) is 7.84. The highest BCUT2D eigenvalue weighted by Gasteiger charge is 1.99. The molecule has 0 bridgehead atoms. The molecule has 2 heterocycles.